The van der Waals surface area contributed by atoms with Gasteiger partial charge >= 0.3 is 0 Å². The lowest BCUT2D eigenvalue weighted by Gasteiger charge is -2.19. The molecule has 2 N–H and O–H groups in total. The first-order chi connectivity index (χ1) is 11.1. The van der Waals surface area contributed by atoms with Crippen molar-refractivity contribution in [3.63, 3.8) is 0 Å². The van der Waals surface area contributed by atoms with E-state index in [0.717, 1.165) is 12.1 Å². The van der Waals surface area contributed by atoms with E-state index in [2.05, 4.69) is 10.2 Å². The molecule has 0 aliphatic rings. The maximum absolute atomic E-state index is 13.2. The van der Waals surface area contributed by atoms with Gasteiger partial charge in [-0.3, -0.25) is 9.69 Å². The molecule has 0 aliphatic carbocycles. The Morgan fingerprint density at radius 3 is 2.70 bits per heavy atom. The van der Waals surface area contributed by atoms with Crippen LogP contribution >= 0.6 is 0 Å². The third-order valence-electron chi connectivity index (χ3n) is 3.54. The predicted molar refractivity (Wildman–Crippen MR) is 88.8 cm³/mol. The number of hydrogen-bond acceptors (Lipinski definition) is 3. The van der Waals surface area contributed by atoms with E-state index in [1.165, 1.54) is 12.1 Å². The summed E-state index contributed by atoms with van der Waals surface area (Å²) in [6.07, 6.45) is 0. The molecule has 0 saturated heterocycles. The number of carbonyl (C=O) groups excluding carboxylic acids is 1. The monoisotopic (exact) mass is 316 g/mol. The molecule has 0 saturated carbocycles. The Labute approximate surface area is 135 Å². The summed E-state index contributed by atoms with van der Waals surface area (Å²) in [5.41, 5.74) is 1.94. The SMILES string of the molecule is CCN(CCO)Cc1cccc(C(=O)Nc2cccc(F)c2)c1. The van der Waals surface area contributed by atoms with Crippen LogP contribution in [-0.4, -0.2) is 35.6 Å². The molecule has 0 aliphatic heterocycles. The summed E-state index contributed by atoms with van der Waals surface area (Å²) in [6, 6.07) is 13.1. The molecule has 4 nitrogen and oxygen atoms in total. The summed E-state index contributed by atoms with van der Waals surface area (Å²) < 4.78 is 13.2. The molecule has 0 aromatic heterocycles. The second kappa shape index (κ2) is 8.41. The van der Waals surface area contributed by atoms with E-state index < -0.39 is 0 Å². The standard InChI is InChI=1S/C18H21FN2O2/c1-2-21(9-10-22)13-14-5-3-6-15(11-14)18(23)20-17-8-4-7-16(19)12-17/h3-8,11-12,22H,2,9-10,13H2,1H3,(H,20,23). The Kier molecular flexibility index (Phi) is 6.26. The molecule has 2 aromatic rings. The Balaban J connectivity index is 2.07. The van der Waals surface area contributed by atoms with Crippen LogP contribution in [0.15, 0.2) is 48.5 Å². The lowest BCUT2D eigenvalue weighted by molar-refractivity contribution is 0.102. The number of rotatable bonds is 7. The number of likely N-dealkylation sites (N-methyl/N-ethyl adjacent to an activating group) is 1. The molecule has 5 heteroatoms. The fourth-order valence-corrected chi connectivity index (χ4v) is 2.33. The lowest BCUT2D eigenvalue weighted by Crippen LogP contribution is -2.26. The lowest BCUT2D eigenvalue weighted by atomic mass is 10.1. The van der Waals surface area contributed by atoms with E-state index in [-0.39, 0.29) is 18.3 Å². The number of aliphatic hydroxyl groups excluding tert-OH is 1. The molecule has 0 spiro atoms. The van der Waals surface area contributed by atoms with Gasteiger partial charge in [-0.15, -0.1) is 0 Å². The summed E-state index contributed by atoms with van der Waals surface area (Å²) in [6.45, 7) is 4.21. The van der Waals surface area contributed by atoms with Gasteiger partial charge in [0, 0.05) is 24.3 Å². The highest BCUT2D eigenvalue weighted by Crippen LogP contribution is 2.13. The molecular weight excluding hydrogens is 295 g/mol. The van der Waals surface area contributed by atoms with Crippen molar-refractivity contribution in [2.24, 2.45) is 0 Å². The average Bonchev–Trinajstić information content (AvgIpc) is 2.54. The number of carbonyl (C=O) groups is 1. The molecule has 0 bridgehead atoms. The molecule has 0 heterocycles. The normalized spacial score (nSPS) is 10.8. The van der Waals surface area contributed by atoms with Gasteiger partial charge in [0.15, 0.2) is 0 Å². The van der Waals surface area contributed by atoms with Gasteiger partial charge in [-0.2, -0.15) is 0 Å². The van der Waals surface area contributed by atoms with Crippen LogP contribution in [0.1, 0.15) is 22.8 Å². The van der Waals surface area contributed by atoms with E-state index in [1.54, 1.807) is 18.2 Å². The summed E-state index contributed by atoms with van der Waals surface area (Å²) in [5, 5.41) is 11.7. The second-order valence-corrected chi connectivity index (χ2v) is 5.26. The minimum absolute atomic E-state index is 0.105. The number of nitrogens with zero attached hydrogens (tertiary/aromatic N) is 1. The van der Waals surface area contributed by atoms with Crippen molar-refractivity contribution in [2.45, 2.75) is 13.5 Å². The Morgan fingerprint density at radius 1 is 1.22 bits per heavy atom. The highest BCUT2D eigenvalue weighted by molar-refractivity contribution is 6.04. The van der Waals surface area contributed by atoms with Gasteiger partial charge in [0.25, 0.3) is 5.91 Å². The average molecular weight is 316 g/mol. The van der Waals surface area contributed by atoms with Gasteiger partial charge in [0.2, 0.25) is 0 Å². The predicted octanol–water partition coefficient (Wildman–Crippen LogP) is 2.89. The quantitative estimate of drug-likeness (QED) is 0.826. The molecule has 0 fully saturated rings. The van der Waals surface area contributed by atoms with Gasteiger partial charge in [-0.25, -0.2) is 4.39 Å². The third kappa shape index (κ3) is 5.16. The number of nitrogens with one attached hydrogen (secondary N) is 1. The molecule has 122 valence electrons. The highest BCUT2D eigenvalue weighted by atomic mass is 19.1. The van der Waals surface area contributed by atoms with E-state index in [0.29, 0.717) is 24.3 Å². The van der Waals surface area contributed by atoms with Crippen molar-refractivity contribution in [1.29, 1.82) is 0 Å². The van der Waals surface area contributed by atoms with Crippen LogP contribution in [0.4, 0.5) is 10.1 Å². The molecule has 1 amide bonds. The third-order valence-corrected chi connectivity index (χ3v) is 3.54. The fraction of sp³-hybridized carbons (Fsp3) is 0.278. The number of anilines is 1. The van der Waals surface area contributed by atoms with Crippen molar-refractivity contribution in [1.82, 2.24) is 4.90 Å². The van der Waals surface area contributed by atoms with Crippen molar-refractivity contribution >= 4 is 11.6 Å². The molecule has 0 radical (unpaired) electrons. The minimum atomic E-state index is -0.390. The minimum Gasteiger partial charge on any atom is -0.395 e. The van der Waals surface area contributed by atoms with Crippen LogP contribution < -0.4 is 5.32 Å². The maximum Gasteiger partial charge on any atom is 0.255 e. The maximum atomic E-state index is 13.2. The summed E-state index contributed by atoms with van der Waals surface area (Å²) in [4.78, 5) is 14.4. The van der Waals surface area contributed by atoms with Crippen molar-refractivity contribution < 1.29 is 14.3 Å². The number of benzene rings is 2. The molecular formula is C18H21FN2O2. The van der Waals surface area contributed by atoms with Gasteiger partial charge in [-0.1, -0.05) is 25.1 Å². The zero-order valence-corrected chi connectivity index (χ0v) is 13.1. The molecule has 0 atom stereocenters. The fourth-order valence-electron chi connectivity index (χ4n) is 2.33. The number of aliphatic hydroxyl groups is 1. The van der Waals surface area contributed by atoms with Crippen molar-refractivity contribution in [3.8, 4) is 0 Å². The number of halogens is 1. The summed E-state index contributed by atoms with van der Waals surface area (Å²) in [5.74, 6) is -0.665. The van der Waals surface area contributed by atoms with Gasteiger partial charge < -0.3 is 10.4 Å². The summed E-state index contributed by atoms with van der Waals surface area (Å²) in [7, 11) is 0. The molecule has 0 unspecified atom stereocenters. The van der Waals surface area contributed by atoms with E-state index in [9.17, 15) is 9.18 Å². The Bertz CT molecular complexity index is 661. The van der Waals surface area contributed by atoms with Crippen LogP contribution in [0.5, 0.6) is 0 Å². The molecule has 2 rings (SSSR count). The Morgan fingerprint density at radius 2 is 2.00 bits per heavy atom. The van der Waals surface area contributed by atoms with E-state index in [1.807, 2.05) is 25.1 Å². The molecule has 2 aromatic carbocycles. The number of amides is 1. The summed E-state index contributed by atoms with van der Waals surface area (Å²) >= 11 is 0. The first-order valence-corrected chi connectivity index (χ1v) is 7.61. The topological polar surface area (TPSA) is 52.6 Å². The Hall–Kier alpha value is -2.24. The van der Waals surface area contributed by atoms with Crippen LogP contribution in [0.25, 0.3) is 0 Å². The van der Waals surface area contributed by atoms with Crippen LogP contribution in [0.2, 0.25) is 0 Å². The van der Waals surface area contributed by atoms with Crippen LogP contribution in [-0.2, 0) is 6.54 Å². The zero-order chi connectivity index (χ0) is 16.7. The smallest absolute Gasteiger partial charge is 0.255 e. The number of hydrogen-bond donors (Lipinski definition) is 2. The second-order valence-electron chi connectivity index (χ2n) is 5.26. The van der Waals surface area contributed by atoms with Crippen molar-refractivity contribution in [3.05, 3.63) is 65.5 Å². The van der Waals surface area contributed by atoms with Crippen molar-refractivity contribution in [2.75, 3.05) is 25.0 Å². The van der Waals surface area contributed by atoms with E-state index in [4.69, 9.17) is 5.11 Å². The molecule has 23 heavy (non-hydrogen) atoms. The van der Waals surface area contributed by atoms with Crippen LogP contribution in [0, 0.1) is 5.82 Å². The van der Waals surface area contributed by atoms with Crippen LogP contribution in [0.3, 0.4) is 0 Å². The largest absolute Gasteiger partial charge is 0.395 e. The first-order valence-electron chi connectivity index (χ1n) is 7.61. The van der Waals surface area contributed by atoms with Gasteiger partial charge in [0.1, 0.15) is 5.82 Å². The van der Waals surface area contributed by atoms with Gasteiger partial charge in [0.05, 0.1) is 6.61 Å². The highest BCUT2D eigenvalue weighted by Gasteiger charge is 2.09. The van der Waals surface area contributed by atoms with Gasteiger partial charge in [-0.05, 0) is 42.4 Å². The van der Waals surface area contributed by atoms with E-state index >= 15 is 0 Å². The first kappa shape index (κ1) is 17.1. The zero-order valence-electron chi connectivity index (χ0n) is 13.1.